The molecule has 0 radical (unpaired) electrons. The van der Waals surface area contributed by atoms with Crippen molar-refractivity contribution < 1.29 is 20.1 Å². The van der Waals surface area contributed by atoms with Crippen LogP contribution in [-0.4, -0.2) is 50.0 Å². The van der Waals surface area contributed by atoms with E-state index in [0.29, 0.717) is 12.2 Å². The van der Waals surface area contributed by atoms with Gasteiger partial charge in [-0.05, 0) is 13.3 Å². The topological polar surface area (TPSA) is 104 Å². The molecule has 0 aromatic rings. The first-order chi connectivity index (χ1) is 7.83. The van der Waals surface area contributed by atoms with E-state index in [2.05, 4.69) is 0 Å². The predicted molar refractivity (Wildman–Crippen MR) is 66.9 cm³/mol. The van der Waals surface area contributed by atoms with Gasteiger partial charge in [0.1, 0.15) is 5.60 Å². The Kier molecular flexibility index (Phi) is 5.00. The zero-order valence-corrected chi connectivity index (χ0v) is 10.6. The molecule has 0 spiro atoms. The lowest BCUT2D eigenvalue weighted by molar-refractivity contribution is -0.141. The van der Waals surface area contributed by atoms with E-state index in [4.69, 9.17) is 10.8 Å². The van der Waals surface area contributed by atoms with E-state index in [9.17, 15) is 15.0 Å². The summed E-state index contributed by atoms with van der Waals surface area (Å²) in [7, 11) is 0. The van der Waals surface area contributed by atoms with Gasteiger partial charge in [0.05, 0.1) is 12.5 Å². The van der Waals surface area contributed by atoms with Gasteiger partial charge >= 0.3 is 5.97 Å². The Bertz CT molecular complexity index is 308. The minimum absolute atomic E-state index is 0.0304. The molecule has 0 heterocycles. The average molecular weight is 261 g/mol. The quantitative estimate of drug-likeness (QED) is 0.518. The summed E-state index contributed by atoms with van der Waals surface area (Å²) in [6.07, 6.45) is 2.21. The van der Waals surface area contributed by atoms with Gasteiger partial charge in [-0.15, -0.1) is 0 Å². The Balaban J connectivity index is 2.74. The van der Waals surface area contributed by atoms with Crippen molar-refractivity contribution in [2.45, 2.75) is 42.8 Å². The molecule has 5 N–H and O–H groups in total. The van der Waals surface area contributed by atoms with Crippen LogP contribution < -0.4 is 5.73 Å². The molecule has 4 atom stereocenters. The highest BCUT2D eigenvalue weighted by atomic mass is 32.2. The van der Waals surface area contributed by atoms with Crippen LogP contribution in [-0.2, 0) is 4.79 Å². The summed E-state index contributed by atoms with van der Waals surface area (Å²) in [5.74, 6) is -0.437. The van der Waals surface area contributed by atoms with Crippen LogP contribution in [0.3, 0.4) is 0 Å². The van der Waals surface area contributed by atoms with Crippen LogP contribution in [0.2, 0.25) is 0 Å². The maximum absolute atomic E-state index is 10.7. The van der Waals surface area contributed by atoms with Crippen LogP contribution in [0.5, 0.6) is 0 Å². The first-order valence-corrected chi connectivity index (χ1v) is 6.57. The van der Waals surface area contributed by atoms with E-state index in [0.717, 1.165) is 0 Å². The van der Waals surface area contributed by atoms with E-state index >= 15 is 0 Å². The molecule has 3 unspecified atom stereocenters. The minimum Gasteiger partial charge on any atom is -0.481 e. The molecule has 0 saturated carbocycles. The predicted octanol–water partition coefficient (Wildman–Crippen LogP) is -0.0380. The number of thioether (sulfide) groups is 1. The number of aliphatic carboxylic acids is 1. The number of aliphatic hydroxyl groups excluding tert-OH is 1. The van der Waals surface area contributed by atoms with Crippen molar-refractivity contribution in [3.63, 3.8) is 0 Å². The normalized spacial score (nSPS) is 34.6. The lowest BCUT2D eigenvalue weighted by Crippen LogP contribution is -2.45. The first-order valence-electron chi connectivity index (χ1n) is 5.52. The van der Waals surface area contributed by atoms with Gasteiger partial charge in [-0.3, -0.25) is 4.79 Å². The summed E-state index contributed by atoms with van der Waals surface area (Å²) in [6.45, 7) is 1.85. The third kappa shape index (κ3) is 4.31. The third-order valence-electron chi connectivity index (χ3n) is 2.61. The van der Waals surface area contributed by atoms with Gasteiger partial charge in [-0.1, -0.05) is 12.2 Å². The van der Waals surface area contributed by atoms with Crippen LogP contribution >= 0.6 is 11.8 Å². The molecule has 0 aromatic carbocycles. The molecule has 0 bridgehead atoms. The molecule has 1 aliphatic carbocycles. The molecule has 98 valence electrons. The molecular formula is C11H19NO4S. The summed E-state index contributed by atoms with van der Waals surface area (Å²) in [5.41, 5.74) is 4.24. The van der Waals surface area contributed by atoms with Crippen LogP contribution in [0.4, 0.5) is 0 Å². The molecule has 0 aromatic heterocycles. The van der Waals surface area contributed by atoms with Crippen LogP contribution in [0, 0.1) is 0 Å². The fourth-order valence-electron chi connectivity index (χ4n) is 1.78. The maximum Gasteiger partial charge on any atom is 0.306 e. The highest BCUT2D eigenvalue weighted by Gasteiger charge is 2.40. The smallest absolute Gasteiger partial charge is 0.306 e. The standard InChI is InChI=1S/C11H19NO4S/c1-7(12)6-17-9-4-8(13)2-3-11(9,16)5-10(14)15/h2-3,7-9,13,16H,4-6,12H2,1H3,(H,14,15)/t7-,8?,9?,11?/m1/s1. The summed E-state index contributed by atoms with van der Waals surface area (Å²) < 4.78 is 0. The number of aliphatic hydroxyl groups is 2. The first kappa shape index (κ1) is 14.5. The number of carbonyl (C=O) groups is 1. The Morgan fingerprint density at radius 2 is 2.35 bits per heavy atom. The van der Waals surface area contributed by atoms with Gasteiger partial charge in [0, 0.05) is 17.0 Å². The molecule has 0 amide bonds. The average Bonchev–Trinajstić information content (AvgIpc) is 2.18. The SMILES string of the molecule is C[C@@H](N)CSC1CC(O)C=CC1(O)CC(=O)O. The van der Waals surface area contributed by atoms with Crippen LogP contribution in [0.15, 0.2) is 12.2 Å². The van der Waals surface area contributed by atoms with E-state index in [1.54, 1.807) is 0 Å². The Morgan fingerprint density at radius 3 is 2.88 bits per heavy atom. The summed E-state index contributed by atoms with van der Waals surface area (Å²) in [6, 6.07) is -0.0304. The van der Waals surface area contributed by atoms with Gasteiger partial charge < -0.3 is 21.1 Å². The van der Waals surface area contributed by atoms with Gasteiger partial charge in [-0.2, -0.15) is 11.8 Å². The van der Waals surface area contributed by atoms with Crippen molar-refractivity contribution >= 4 is 17.7 Å². The fourth-order valence-corrected chi connectivity index (χ4v) is 3.10. The lowest BCUT2D eigenvalue weighted by atomic mass is 9.86. The van der Waals surface area contributed by atoms with Crippen molar-refractivity contribution in [1.82, 2.24) is 0 Å². The second-order valence-corrected chi connectivity index (χ2v) is 5.76. The third-order valence-corrected chi connectivity index (χ3v) is 4.34. The van der Waals surface area contributed by atoms with E-state index in [-0.39, 0.29) is 17.7 Å². The highest BCUT2D eigenvalue weighted by Crippen LogP contribution is 2.35. The summed E-state index contributed by atoms with van der Waals surface area (Å²) >= 11 is 1.41. The molecule has 6 heteroatoms. The Hall–Kier alpha value is -0.560. The number of rotatable bonds is 5. The highest BCUT2D eigenvalue weighted by molar-refractivity contribution is 8.00. The second kappa shape index (κ2) is 5.86. The molecule has 0 aliphatic heterocycles. The van der Waals surface area contributed by atoms with Gasteiger partial charge in [0.15, 0.2) is 0 Å². The van der Waals surface area contributed by atoms with Crippen LogP contribution in [0.25, 0.3) is 0 Å². The largest absolute Gasteiger partial charge is 0.481 e. The van der Waals surface area contributed by atoms with Crippen molar-refractivity contribution in [1.29, 1.82) is 0 Å². The van der Waals surface area contributed by atoms with Gasteiger partial charge in [0.25, 0.3) is 0 Å². The van der Waals surface area contributed by atoms with Crippen molar-refractivity contribution in [2.75, 3.05) is 5.75 Å². The van der Waals surface area contributed by atoms with Crippen molar-refractivity contribution in [3.05, 3.63) is 12.2 Å². The Morgan fingerprint density at radius 1 is 1.71 bits per heavy atom. The fraction of sp³-hybridized carbons (Fsp3) is 0.727. The van der Waals surface area contributed by atoms with E-state index in [1.165, 1.54) is 23.9 Å². The van der Waals surface area contributed by atoms with Crippen LogP contribution in [0.1, 0.15) is 19.8 Å². The monoisotopic (exact) mass is 261 g/mol. The molecule has 0 saturated heterocycles. The lowest BCUT2D eigenvalue weighted by Gasteiger charge is -2.36. The van der Waals surface area contributed by atoms with Gasteiger partial charge in [0.2, 0.25) is 0 Å². The molecule has 0 fully saturated rings. The number of carboxylic acid groups (broad SMARTS) is 1. The second-order valence-electron chi connectivity index (χ2n) is 4.52. The maximum atomic E-state index is 10.7. The zero-order chi connectivity index (χ0) is 13.1. The number of nitrogens with two attached hydrogens (primary N) is 1. The molecule has 1 aliphatic rings. The molecule has 1 rings (SSSR count). The zero-order valence-electron chi connectivity index (χ0n) is 9.74. The molecule has 5 nitrogen and oxygen atoms in total. The minimum atomic E-state index is -1.40. The van der Waals surface area contributed by atoms with E-state index < -0.39 is 17.7 Å². The number of hydrogen-bond donors (Lipinski definition) is 4. The summed E-state index contributed by atoms with van der Waals surface area (Å²) in [5, 5.41) is 28.3. The van der Waals surface area contributed by atoms with Crippen molar-refractivity contribution in [3.8, 4) is 0 Å². The van der Waals surface area contributed by atoms with Crippen molar-refractivity contribution in [2.24, 2.45) is 5.73 Å². The Labute approximate surface area is 105 Å². The van der Waals surface area contributed by atoms with E-state index in [1.807, 2.05) is 6.92 Å². The number of hydrogen-bond acceptors (Lipinski definition) is 5. The molecular weight excluding hydrogens is 242 g/mol. The van der Waals surface area contributed by atoms with Gasteiger partial charge in [-0.25, -0.2) is 0 Å². The number of carboxylic acids is 1. The summed E-state index contributed by atoms with van der Waals surface area (Å²) in [4.78, 5) is 10.7. The molecule has 17 heavy (non-hydrogen) atoms.